The lowest BCUT2D eigenvalue weighted by molar-refractivity contribution is -0.384. The molecule has 0 fully saturated rings. The van der Waals surface area contributed by atoms with Gasteiger partial charge in [0.2, 0.25) is 0 Å². The van der Waals surface area contributed by atoms with Crippen molar-refractivity contribution in [1.29, 1.82) is 0 Å². The Hall–Kier alpha value is -4.26. The Morgan fingerprint density at radius 3 is 2.00 bits per heavy atom. The van der Waals surface area contributed by atoms with Crippen LogP contribution in [0.1, 0.15) is 15.9 Å². The maximum Gasteiger partial charge on any atom is 0.272 e. The number of nitrogens with zero attached hydrogens (tertiary/aromatic N) is 1. The molecule has 0 aliphatic heterocycles. The molecule has 3 rings (SSSR count). The SMILES string of the molecule is O=C(Nc1ccccc1)/C(=C/c1ccc([N+](=O)[O-])cc1)NC(=O)c1ccccc1. The van der Waals surface area contributed by atoms with E-state index in [1.54, 1.807) is 54.6 Å². The van der Waals surface area contributed by atoms with E-state index in [0.717, 1.165) is 0 Å². The van der Waals surface area contributed by atoms with Crippen LogP contribution in [-0.2, 0) is 4.79 Å². The Balaban J connectivity index is 1.88. The number of nitro groups is 1. The molecule has 0 bridgehead atoms. The highest BCUT2D eigenvalue weighted by Crippen LogP contribution is 2.15. The molecule has 144 valence electrons. The van der Waals surface area contributed by atoms with Crippen LogP contribution in [0.25, 0.3) is 6.08 Å². The average Bonchev–Trinajstić information content (AvgIpc) is 2.75. The first-order valence-electron chi connectivity index (χ1n) is 8.72. The number of nitro benzene ring substituents is 1. The number of hydrogen-bond acceptors (Lipinski definition) is 4. The fourth-order valence-corrected chi connectivity index (χ4v) is 2.52. The minimum atomic E-state index is -0.515. The Labute approximate surface area is 166 Å². The van der Waals surface area contributed by atoms with Crippen LogP contribution in [0.15, 0.2) is 90.6 Å². The third-order valence-corrected chi connectivity index (χ3v) is 3.98. The van der Waals surface area contributed by atoms with Gasteiger partial charge in [-0.3, -0.25) is 19.7 Å². The summed E-state index contributed by atoms with van der Waals surface area (Å²) in [6.45, 7) is 0. The lowest BCUT2D eigenvalue weighted by Gasteiger charge is -2.11. The molecule has 0 saturated heterocycles. The molecule has 0 heterocycles. The molecular formula is C22H17N3O4. The van der Waals surface area contributed by atoms with Gasteiger partial charge in [0, 0.05) is 23.4 Å². The van der Waals surface area contributed by atoms with Gasteiger partial charge in [-0.05, 0) is 48.0 Å². The van der Waals surface area contributed by atoms with E-state index >= 15 is 0 Å². The second-order valence-electron chi connectivity index (χ2n) is 6.05. The van der Waals surface area contributed by atoms with Crippen molar-refractivity contribution in [2.45, 2.75) is 0 Å². The number of benzene rings is 3. The van der Waals surface area contributed by atoms with Gasteiger partial charge in [-0.1, -0.05) is 36.4 Å². The van der Waals surface area contributed by atoms with Gasteiger partial charge in [-0.15, -0.1) is 0 Å². The predicted molar refractivity (Wildman–Crippen MR) is 110 cm³/mol. The summed E-state index contributed by atoms with van der Waals surface area (Å²) in [4.78, 5) is 35.6. The van der Waals surface area contributed by atoms with Gasteiger partial charge in [0.1, 0.15) is 5.70 Å². The standard InChI is InChI=1S/C22H17N3O4/c26-21(17-7-3-1-4-8-17)24-20(22(27)23-18-9-5-2-6-10-18)15-16-11-13-19(14-12-16)25(28)29/h1-15H,(H,23,27)(H,24,26)/b20-15-. The highest BCUT2D eigenvalue weighted by molar-refractivity contribution is 6.10. The molecule has 0 unspecified atom stereocenters. The van der Waals surface area contributed by atoms with Gasteiger partial charge in [-0.25, -0.2) is 0 Å². The number of non-ortho nitro benzene ring substituents is 1. The summed E-state index contributed by atoms with van der Waals surface area (Å²) in [6.07, 6.45) is 1.46. The predicted octanol–water partition coefficient (Wildman–Crippen LogP) is 4.00. The summed E-state index contributed by atoms with van der Waals surface area (Å²) < 4.78 is 0. The van der Waals surface area contributed by atoms with Gasteiger partial charge in [0.05, 0.1) is 4.92 Å². The molecular weight excluding hydrogens is 370 g/mol. The number of para-hydroxylation sites is 1. The molecule has 0 radical (unpaired) electrons. The van der Waals surface area contributed by atoms with E-state index in [1.807, 2.05) is 6.07 Å². The molecule has 0 spiro atoms. The van der Waals surface area contributed by atoms with Crippen LogP contribution in [0.3, 0.4) is 0 Å². The van der Waals surface area contributed by atoms with E-state index in [-0.39, 0.29) is 11.4 Å². The van der Waals surface area contributed by atoms with E-state index in [4.69, 9.17) is 0 Å². The smallest absolute Gasteiger partial charge is 0.272 e. The first-order chi connectivity index (χ1) is 14.0. The Morgan fingerprint density at radius 2 is 1.41 bits per heavy atom. The molecule has 0 aliphatic rings. The lowest BCUT2D eigenvalue weighted by Crippen LogP contribution is -2.30. The maximum absolute atomic E-state index is 12.8. The lowest BCUT2D eigenvalue weighted by atomic mass is 10.1. The van der Waals surface area contributed by atoms with Gasteiger partial charge in [-0.2, -0.15) is 0 Å². The van der Waals surface area contributed by atoms with E-state index in [0.29, 0.717) is 16.8 Å². The zero-order chi connectivity index (χ0) is 20.6. The molecule has 0 aliphatic carbocycles. The highest BCUT2D eigenvalue weighted by Gasteiger charge is 2.15. The van der Waals surface area contributed by atoms with Crippen LogP contribution in [0.5, 0.6) is 0 Å². The van der Waals surface area contributed by atoms with Gasteiger partial charge in [0.25, 0.3) is 17.5 Å². The molecule has 7 nitrogen and oxygen atoms in total. The summed E-state index contributed by atoms with van der Waals surface area (Å²) in [5.74, 6) is -0.958. The highest BCUT2D eigenvalue weighted by atomic mass is 16.6. The molecule has 3 aromatic carbocycles. The van der Waals surface area contributed by atoms with Crippen molar-refractivity contribution < 1.29 is 14.5 Å². The topological polar surface area (TPSA) is 101 Å². The molecule has 0 atom stereocenters. The minimum absolute atomic E-state index is 0.0107. The largest absolute Gasteiger partial charge is 0.321 e. The Kier molecular flexibility index (Phi) is 6.12. The molecule has 0 saturated carbocycles. The second kappa shape index (κ2) is 9.09. The number of nitrogens with one attached hydrogen (secondary N) is 2. The fourth-order valence-electron chi connectivity index (χ4n) is 2.52. The monoisotopic (exact) mass is 387 g/mol. The van der Waals surface area contributed by atoms with E-state index in [1.165, 1.54) is 30.3 Å². The van der Waals surface area contributed by atoms with Crippen molar-refractivity contribution in [3.05, 3.63) is 112 Å². The molecule has 7 heteroatoms. The zero-order valence-corrected chi connectivity index (χ0v) is 15.2. The van der Waals surface area contributed by atoms with E-state index in [9.17, 15) is 19.7 Å². The summed E-state index contributed by atoms with van der Waals surface area (Å²) in [6, 6.07) is 23.0. The third-order valence-electron chi connectivity index (χ3n) is 3.98. The summed E-state index contributed by atoms with van der Waals surface area (Å²) in [5, 5.41) is 16.2. The molecule has 3 aromatic rings. The van der Waals surface area contributed by atoms with Crippen molar-refractivity contribution in [3.63, 3.8) is 0 Å². The quantitative estimate of drug-likeness (QED) is 0.379. The van der Waals surface area contributed by atoms with Crippen LogP contribution in [0.2, 0.25) is 0 Å². The zero-order valence-electron chi connectivity index (χ0n) is 15.2. The van der Waals surface area contributed by atoms with E-state index in [2.05, 4.69) is 10.6 Å². The fraction of sp³-hybridized carbons (Fsp3) is 0. The third kappa shape index (κ3) is 5.36. The van der Waals surface area contributed by atoms with Crippen LogP contribution < -0.4 is 10.6 Å². The number of carbonyl (C=O) groups is 2. The van der Waals surface area contributed by atoms with Crippen LogP contribution in [0, 0.1) is 10.1 Å². The van der Waals surface area contributed by atoms with Crippen LogP contribution >= 0.6 is 0 Å². The Bertz CT molecular complexity index is 1050. The molecule has 2 N–H and O–H groups in total. The van der Waals surface area contributed by atoms with Crippen LogP contribution in [-0.4, -0.2) is 16.7 Å². The first-order valence-corrected chi connectivity index (χ1v) is 8.72. The van der Waals surface area contributed by atoms with Gasteiger partial charge < -0.3 is 10.6 Å². The number of anilines is 1. The maximum atomic E-state index is 12.8. The molecule has 0 aromatic heterocycles. The summed E-state index contributed by atoms with van der Waals surface area (Å²) in [5.41, 5.74) is 1.44. The van der Waals surface area contributed by atoms with Crippen molar-refractivity contribution in [1.82, 2.24) is 5.32 Å². The van der Waals surface area contributed by atoms with Gasteiger partial charge >= 0.3 is 0 Å². The summed E-state index contributed by atoms with van der Waals surface area (Å²) in [7, 11) is 0. The van der Waals surface area contributed by atoms with Crippen molar-refractivity contribution in [2.24, 2.45) is 0 Å². The molecule has 29 heavy (non-hydrogen) atoms. The number of hydrogen-bond donors (Lipinski definition) is 2. The normalized spacial score (nSPS) is 10.8. The summed E-state index contributed by atoms with van der Waals surface area (Å²) >= 11 is 0. The second-order valence-corrected chi connectivity index (χ2v) is 6.05. The average molecular weight is 387 g/mol. The number of carbonyl (C=O) groups excluding carboxylic acids is 2. The first kappa shape index (κ1) is 19.5. The van der Waals surface area contributed by atoms with Crippen LogP contribution in [0.4, 0.5) is 11.4 Å². The minimum Gasteiger partial charge on any atom is -0.321 e. The van der Waals surface area contributed by atoms with Crippen molar-refractivity contribution in [3.8, 4) is 0 Å². The number of rotatable bonds is 6. The van der Waals surface area contributed by atoms with Crippen molar-refractivity contribution >= 4 is 29.3 Å². The van der Waals surface area contributed by atoms with Gasteiger partial charge in [0.15, 0.2) is 0 Å². The molecule has 2 amide bonds. The van der Waals surface area contributed by atoms with Crippen molar-refractivity contribution in [2.75, 3.05) is 5.32 Å². The Morgan fingerprint density at radius 1 is 0.828 bits per heavy atom. The number of amides is 2. The van der Waals surface area contributed by atoms with E-state index < -0.39 is 16.7 Å².